The van der Waals surface area contributed by atoms with Gasteiger partial charge >= 0.3 is 0 Å². The molecule has 0 aromatic heterocycles. The molecule has 1 aliphatic carbocycles. The van der Waals surface area contributed by atoms with Gasteiger partial charge in [0.15, 0.2) is 0 Å². The number of hydrogen-bond acceptors (Lipinski definition) is 2. The largest absolute Gasteiger partial charge is 0.353 e. The Labute approximate surface area is 92.7 Å². The third kappa shape index (κ3) is 5.02. The van der Waals surface area contributed by atoms with Gasteiger partial charge in [0.2, 0.25) is 5.96 Å². The summed E-state index contributed by atoms with van der Waals surface area (Å²) in [4.78, 5) is 4.40. The highest BCUT2D eigenvalue weighted by molar-refractivity contribution is 5.79. The van der Waals surface area contributed by atoms with Gasteiger partial charge in [-0.05, 0) is 19.3 Å². The maximum absolute atomic E-state index is 5.43. The van der Waals surface area contributed by atoms with Crippen LogP contribution < -0.4 is 16.6 Å². The SMILES string of the molecule is CCCCN=C(NN)NC1CCCCC1. The zero-order valence-electron chi connectivity index (χ0n) is 9.76. The van der Waals surface area contributed by atoms with Crippen molar-refractivity contribution in [1.29, 1.82) is 0 Å². The average molecular weight is 212 g/mol. The molecule has 0 unspecified atom stereocenters. The van der Waals surface area contributed by atoms with Crippen molar-refractivity contribution in [3.05, 3.63) is 0 Å². The Morgan fingerprint density at radius 1 is 1.33 bits per heavy atom. The predicted octanol–water partition coefficient (Wildman–Crippen LogP) is 1.53. The van der Waals surface area contributed by atoms with Crippen LogP contribution in [0.1, 0.15) is 51.9 Å². The highest BCUT2D eigenvalue weighted by Crippen LogP contribution is 2.17. The minimum Gasteiger partial charge on any atom is -0.353 e. The van der Waals surface area contributed by atoms with E-state index in [1.807, 2.05) is 0 Å². The number of aliphatic imine (C=N–C) groups is 1. The molecule has 0 aliphatic heterocycles. The first-order valence-electron chi connectivity index (χ1n) is 6.14. The number of nitrogens with zero attached hydrogens (tertiary/aromatic N) is 1. The number of rotatable bonds is 4. The van der Waals surface area contributed by atoms with Gasteiger partial charge < -0.3 is 5.32 Å². The molecule has 0 saturated heterocycles. The minimum absolute atomic E-state index is 0.565. The molecule has 4 nitrogen and oxygen atoms in total. The molecular weight excluding hydrogens is 188 g/mol. The van der Waals surface area contributed by atoms with Crippen LogP contribution in [0.2, 0.25) is 0 Å². The smallest absolute Gasteiger partial charge is 0.205 e. The molecule has 4 heteroatoms. The van der Waals surface area contributed by atoms with E-state index in [2.05, 4.69) is 22.7 Å². The van der Waals surface area contributed by atoms with Gasteiger partial charge in [0.05, 0.1) is 0 Å². The van der Waals surface area contributed by atoms with E-state index in [1.165, 1.54) is 38.5 Å². The van der Waals surface area contributed by atoms with Crippen molar-refractivity contribution >= 4 is 5.96 Å². The van der Waals surface area contributed by atoms with Crippen molar-refractivity contribution in [2.24, 2.45) is 10.8 Å². The first-order valence-corrected chi connectivity index (χ1v) is 6.14. The van der Waals surface area contributed by atoms with Gasteiger partial charge in [0.25, 0.3) is 0 Å². The lowest BCUT2D eigenvalue weighted by atomic mass is 9.96. The van der Waals surface area contributed by atoms with Crippen LogP contribution in [0.5, 0.6) is 0 Å². The third-order valence-corrected chi connectivity index (χ3v) is 2.86. The first kappa shape index (κ1) is 12.3. The van der Waals surface area contributed by atoms with E-state index in [-0.39, 0.29) is 0 Å². The summed E-state index contributed by atoms with van der Waals surface area (Å²) in [6.45, 7) is 3.02. The summed E-state index contributed by atoms with van der Waals surface area (Å²) in [6.07, 6.45) is 8.80. The Kier molecular flexibility index (Phi) is 6.16. The molecule has 4 N–H and O–H groups in total. The van der Waals surface area contributed by atoms with E-state index in [9.17, 15) is 0 Å². The molecule has 0 radical (unpaired) electrons. The fourth-order valence-electron chi connectivity index (χ4n) is 1.92. The second kappa shape index (κ2) is 7.51. The van der Waals surface area contributed by atoms with Crippen LogP contribution in [0.4, 0.5) is 0 Å². The molecule has 1 saturated carbocycles. The fraction of sp³-hybridized carbons (Fsp3) is 0.909. The number of nitrogens with one attached hydrogen (secondary N) is 2. The highest BCUT2D eigenvalue weighted by atomic mass is 15.3. The van der Waals surface area contributed by atoms with Crippen molar-refractivity contribution < 1.29 is 0 Å². The van der Waals surface area contributed by atoms with E-state index in [4.69, 9.17) is 5.84 Å². The molecule has 1 rings (SSSR count). The number of nitrogens with two attached hydrogens (primary N) is 1. The van der Waals surface area contributed by atoms with E-state index < -0.39 is 0 Å². The summed E-state index contributed by atoms with van der Waals surface area (Å²) < 4.78 is 0. The van der Waals surface area contributed by atoms with Crippen molar-refractivity contribution in [2.75, 3.05) is 6.54 Å². The second-order valence-corrected chi connectivity index (χ2v) is 4.21. The minimum atomic E-state index is 0.565. The lowest BCUT2D eigenvalue weighted by molar-refractivity contribution is 0.410. The molecule has 0 spiro atoms. The van der Waals surface area contributed by atoms with Crippen molar-refractivity contribution in [1.82, 2.24) is 10.7 Å². The lowest BCUT2D eigenvalue weighted by Gasteiger charge is -2.24. The van der Waals surface area contributed by atoms with Gasteiger partial charge in [-0.25, -0.2) is 5.84 Å². The summed E-state index contributed by atoms with van der Waals surface area (Å²) >= 11 is 0. The van der Waals surface area contributed by atoms with Gasteiger partial charge in [0, 0.05) is 12.6 Å². The second-order valence-electron chi connectivity index (χ2n) is 4.21. The van der Waals surface area contributed by atoms with E-state index in [1.54, 1.807) is 0 Å². The zero-order valence-corrected chi connectivity index (χ0v) is 9.76. The monoisotopic (exact) mass is 212 g/mol. The summed E-state index contributed by atoms with van der Waals surface area (Å²) in [5.41, 5.74) is 2.65. The molecule has 1 fully saturated rings. The molecule has 15 heavy (non-hydrogen) atoms. The first-order chi connectivity index (χ1) is 7.36. The molecule has 0 heterocycles. The Bertz CT molecular complexity index is 185. The molecule has 88 valence electrons. The number of hydrogen-bond donors (Lipinski definition) is 3. The summed E-state index contributed by atoms with van der Waals surface area (Å²) in [5, 5.41) is 3.38. The van der Waals surface area contributed by atoms with Gasteiger partial charge in [0.1, 0.15) is 0 Å². The van der Waals surface area contributed by atoms with Crippen molar-refractivity contribution in [3.8, 4) is 0 Å². The molecule has 0 bridgehead atoms. The number of unbranched alkanes of at least 4 members (excludes halogenated alkanes) is 1. The van der Waals surface area contributed by atoms with Gasteiger partial charge in [-0.3, -0.25) is 10.4 Å². The van der Waals surface area contributed by atoms with Crippen LogP contribution in [-0.4, -0.2) is 18.5 Å². The predicted molar refractivity (Wildman–Crippen MR) is 64.5 cm³/mol. The van der Waals surface area contributed by atoms with Crippen LogP contribution in [0.3, 0.4) is 0 Å². The topological polar surface area (TPSA) is 62.4 Å². The van der Waals surface area contributed by atoms with Gasteiger partial charge in [-0.1, -0.05) is 32.6 Å². The maximum atomic E-state index is 5.43. The number of hydrazine groups is 1. The van der Waals surface area contributed by atoms with Crippen LogP contribution >= 0.6 is 0 Å². The Balaban J connectivity index is 2.27. The normalized spacial score (nSPS) is 18.9. The Hall–Kier alpha value is -0.770. The molecule has 0 aromatic rings. The van der Waals surface area contributed by atoms with Crippen LogP contribution in [0.25, 0.3) is 0 Å². The molecule has 0 amide bonds. The van der Waals surface area contributed by atoms with Crippen LogP contribution in [0.15, 0.2) is 4.99 Å². The van der Waals surface area contributed by atoms with Crippen molar-refractivity contribution in [2.45, 2.75) is 57.9 Å². The van der Waals surface area contributed by atoms with E-state index in [0.717, 1.165) is 18.9 Å². The fourth-order valence-corrected chi connectivity index (χ4v) is 1.92. The van der Waals surface area contributed by atoms with Crippen LogP contribution in [-0.2, 0) is 0 Å². The van der Waals surface area contributed by atoms with Gasteiger partial charge in [-0.2, -0.15) is 0 Å². The number of guanidine groups is 1. The molecular formula is C11H24N4. The quantitative estimate of drug-likeness (QED) is 0.218. The standard InChI is InChI=1S/C11H24N4/c1-2-3-9-13-11(15-12)14-10-7-5-4-6-8-10/h10H,2-9,12H2,1H3,(H2,13,14,15). The average Bonchev–Trinajstić information content (AvgIpc) is 2.29. The summed E-state index contributed by atoms with van der Waals surface area (Å²) in [5.74, 6) is 6.19. The molecule has 0 atom stereocenters. The third-order valence-electron chi connectivity index (χ3n) is 2.86. The van der Waals surface area contributed by atoms with E-state index in [0.29, 0.717) is 6.04 Å². The summed E-state index contributed by atoms with van der Waals surface area (Å²) in [7, 11) is 0. The summed E-state index contributed by atoms with van der Waals surface area (Å²) in [6, 6.07) is 0.565. The van der Waals surface area contributed by atoms with E-state index >= 15 is 0 Å². The zero-order chi connectivity index (χ0) is 10.9. The van der Waals surface area contributed by atoms with Crippen LogP contribution in [0, 0.1) is 0 Å². The molecule has 1 aliphatic rings. The Morgan fingerprint density at radius 3 is 2.67 bits per heavy atom. The maximum Gasteiger partial charge on any atom is 0.205 e. The highest BCUT2D eigenvalue weighted by Gasteiger charge is 2.13. The van der Waals surface area contributed by atoms with Crippen molar-refractivity contribution in [3.63, 3.8) is 0 Å². The van der Waals surface area contributed by atoms with Gasteiger partial charge in [-0.15, -0.1) is 0 Å². The lowest BCUT2D eigenvalue weighted by Crippen LogP contribution is -2.47. The Morgan fingerprint density at radius 2 is 2.07 bits per heavy atom. The molecule has 0 aromatic carbocycles.